The van der Waals surface area contributed by atoms with Crippen LogP contribution < -0.4 is 0 Å². The lowest BCUT2D eigenvalue weighted by Crippen LogP contribution is -1.71. The third kappa shape index (κ3) is 1.15. The molecule has 0 N–H and O–H groups in total. The minimum absolute atomic E-state index is 0.427. The summed E-state index contributed by atoms with van der Waals surface area (Å²) in [6, 6.07) is 1.79. The Morgan fingerprint density at radius 2 is 2.36 bits per heavy atom. The molecule has 2 aromatic rings. The van der Waals surface area contributed by atoms with Gasteiger partial charge in [-0.25, -0.2) is 0 Å². The summed E-state index contributed by atoms with van der Waals surface area (Å²) in [5, 5.41) is 0.427. The quantitative estimate of drug-likeness (QED) is 0.687. The predicted molar refractivity (Wildman–Crippen MR) is 42.6 cm³/mol. The molecule has 0 aliphatic heterocycles. The van der Waals surface area contributed by atoms with Gasteiger partial charge in [0.1, 0.15) is 5.69 Å². The Kier molecular flexibility index (Phi) is 1.63. The zero-order valence-electron chi connectivity index (χ0n) is 5.32. The Hall–Kier alpha value is -0.870. The highest BCUT2D eigenvalue weighted by molar-refractivity contribution is 6.99. The van der Waals surface area contributed by atoms with Crippen molar-refractivity contribution < 1.29 is 4.42 Å². The number of furan rings is 1. The summed E-state index contributed by atoms with van der Waals surface area (Å²) in [4.78, 5) is 0. The van der Waals surface area contributed by atoms with Crippen LogP contribution in [-0.2, 0) is 0 Å². The molecular formula is C6H3ClN2OS. The van der Waals surface area contributed by atoms with Crippen LogP contribution in [0.4, 0.5) is 0 Å². The maximum atomic E-state index is 5.73. The van der Waals surface area contributed by atoms with Crippen molar-refractivity contribution in [1.29, 1.82) is 0 Å². The first-order chi connectivity index (χ1) is 5.38. The van der Waals surface area contributed by atoms with Gasteiger partial charge >= 0.3 is 0 Å². The summed E-state index contributed by atoms with van der Waals surface area (Å²) in [5.41, 5.74) is 1.55. The van der Waals surface area contributed by atoms with E-state index in [0.717, 1.165) is 17.3 Å². The number of aromatic nitrogens is 2. The van der Waals surface area contributed by atoms with Crippen LogP contribution in [0.3, 0.4) is 0 Å². The van der Waals surface area contributed by atoms with Gasteiger partial charge in [-0.3, -0.25) is 0 Å². The number of nitrogens with zero attached hydrogens (tertiary/aromatic N) is 2. The van der Waals surface area contributed by atoms with Crippen molar-refractivity contribution in [1.82, 2.24) is 8.75 Å². The highest BCUT2D eigenvalue weighted by Gasteiger charge is 2.07. The predicted octanol–water partition coefficient (Wildman–Crippen LogP) is 2.45. The molecule has 2 rings (SSSR count). The summed E-state index contributed by atoms with van der Waals surface area (Å²) in [5.74, 6) is 0. The molecule has 11 heavy (non-hydrogen) atoms. The van der Waals surface area contributed by atoms with Crippen LogP contribution in [0.5, 0.6) is 0 Å². The second-order valence-corrected chi connectivity index (χ2v) is 2.80. The zero-order chi connectivity index (χ0) is 7.68. The molecule has 0 bridgehead atoms. The Balaban J connectivity index is 2.53. The Morgan fingerprint density at radius 3 is 2.91 bits per heavy atom. The molecule has 0 radical (unpaired) electrons. The summed E-state index contributed by atoms with van der Waals surface area (Å²) in [6.07, 6.45) is 3.16. The molecule has 0 aliphatic carbocycles. The fourth-order valence-electron chi connectivity index (χ4n) is 0.749. The molecule has 2 aromatic heterocycles. The molecule has 5 heteroatoms. The lowest BCUT2D eigenvalue weighted by molar-refractivity contribution is 0.568. The van der Waals surface area contributed by atoms with E-state index >= 15 is 0 Å². The molecule has 3 nitrogen and oxygen atoms in total. The van der Waals surface area contributed by atoms with Crippen LogP contribution >= 0.6 is 23.3 Å². The van der Waals surface area contributed by atoms with Crippen molar-refractivity contribution in [3.8, 4) is 11.3 Å². The zero-order valence-corrected chi connectivity index (χ0v) is 6.89. The minimum atomic E-state index is 0.427. The third-order valence-electron chi connectivity index (χ3n) is 1.24. The summed E-state index contributed by atoms with van der Waals surface area (Å²) < 4.78 is 12.7. The number of rotatable bonds is 1. The van der Waals surface area contributed by atoms with E-state index < -0.39 is 0 Å². The van der Waals surface area contributed by atoms with Gasteiger partial charge in [0, 0.05) is 5.56 Å². The van der Waals surface area contributed by atoms with Gasteiger partial charge in [-0.1, -0.05) is 11.6 Å². The molecule has 0 unspecified atom stereocenters. The fraction of sp³-hybridized carbons (Fsp3) is 0. The second-order valence-electron chi connectivity index (χ2n) is 1.92. The maximum absolute atomic E-state index is 5.73. The Bertz CT molecular complexity index is 343. The van der Waals surface area contributed by atoms with E-state index in [9.17, 15) is 0 Å². The van der Waals surface area contributed by atoms with Gasteiger partial charge in [0.15, 0.2) is 5.15 Å². The van der Waals surface area contributed by atoms with Crippen molar-refractivity contribution in [3.63, 3.8) is 0 Å². The number of hydrogen-bond acceptors (Lipinski definition) is 4. The molecule has 0 saturated carbocycles. The van der Waals surface area contributed by atoms with Crippen LogP contribution in [0.1, 0.15) is 0 Å². The fourth-order valence-corrected chi connectivity index (χ4v) is 1.52. The lowest BCUT2D eigenvalue weighted by Gasteiger charge is -1.85. The number of hydrogen-bond donors (Lipinski definition) is 0. The van der Waals surface area contributed by atoms with Crippen molar-refractivity contribution >= 4 is 23.3 Å². The smallest absolute Gasteiger partial charge is 0.170 e. The van der Waals surface area contributed by atoms with Crippen LogP contribution in [-0.4, -0.2) is 8.75 Å². The standard InChI is InChI=1S/C6H3ClN2OS/c7-6-5(8-11-9-6)4-1-2-10-3-4/h1-3H. The summed E-state index contributed by atoms with van der Waals surface area (Å²) in [7, 11) is 0. The topological polar surface area (TPSA) is 38.9 Å². The van der Waals surface area contributed by atoms with E-state index in [1.54, 1.807) is 18.6 Å². The maximum Gasteiger partial charge on any atom is 0.170 e. The molecule has 0 saturated heterocycles. The first kappa shape index (κ1) is 6.82. The summed E-state index contributed by atoms with van der Waals surface area (Å²) >= 11 is 6.82. The SMILES string of the molecule is Clc1nsnc1-c1ccoc1. The molecule has 0 aliphatic rings. The van der Waals surface area contributed by atoms with Gasteiger partial charge in [0.05, 0.1) is 24.3 Å². The monoisotopic (exact) mass is 186 g/mol. The van der Waals surface area contributed by atoms with E-state index in [0.29, 0.717) is 10.8 Å². The van der Waals surface area contributed by atoms with Crippen molar-refractivity contribution in [2.24, 2.45) is 0 Å². The lowest BCUT2D eigenvalue weighted by atomic mass is 10.3. The van der Waals surface area contributed by atoms with Crippen LogP contribution in [0, 0.1) is 0 Å². The van der Waals surface area contributed by atoms with E-state index in [1.165, 1.54) is 0 Å². The van der Waals surface area contributed by atoms with Gasteiger partial charge in [-0.2, -0.15) is 8.75 Å². The Labute approximate surface area is 71.9 Å². The molecule has 0 atom stereocenters. The average molecular weight is 187 g/mol. The van der Waals surface area contributed by atoms with E-state index in [-0.39, 0.29) is 0 Å². The molecule has 0 fully saturated rings. The van der Waals surface area contributed by atoms with Gasteiger partial charge in [-0.15, -0.1) is 0 Å². The molecule has 0 aromatic carbocycles. The van der Waals surface area contributed by atoms with Gasteiger partial charge in [0.25, 0.3) is 0 Å². The molecule has 0 spiro atoms. The minimum Gasteiger partial charge on any atom is -0.472 e. The van der Waals surface area contributed by atoms with Crippen LogP contribution in [0.25, 0.3) is 11.3 Å². The molecule has 0 amide bonds. The first-order valence-corrected chi connectivity index (χ1v) is 3.99. The van der Waals surface area contributed by atoms with E-state index in [1.807, 2.05) is 0 Å². The van der Waals surface area contributed by atoms with Crippen molar-refractivity contribution in [3.05, 3.63) is 23.7 Å². The molecule has 56 valence electrons. The first-order valence-electron chi connectivity index (χ1n) is 2.88. The average Bonchev–Trinajstić information content (AvgIpc) is 2.55. The van der Waals surface area contributed by atoms with Gasteiger partial charge in [0.2, 0.25) is 0 Å². The Morgan fingerprint density at radius 1 is 1.45 bits per heavy atom. The second kappa shape index (κ2) is 2.64. The summed E-state index contributed by atoms with van der Waals surface area (Å²) in [6.45, 7) is 0. The van der Waals surface area contributed by atoms with Crippen LogP contribution in [0.15, 0.2) is 23.0 Å². The third-order valence-corrected chi connectivity index (χ3v) is 2.14. The van der Waals surface area contributed by atoms with E-state index in [4.69, 9.17) is 16.0 Å². The van der Waals surface area contributed by atoms with Crippen LogP contribution in [0.2, 0.25) is 5.15 Å². The van der Waals surface area contributed by atoms with E-state index in [2.05, 4.69) is 8.75 Å². The normalized spacial score (nSPS) is 10.3. The highest BCUT2D eigenvalue weighted by atomic mass is 35.5. The van der Waals surface area contributed by atoms with Gasteiger partial charge < -0.3 is 4.42 Å². The molecule has 2 heterocycles. The van der Waals surface area contributed by atoms with Crippen molar-refractivity contribution in [2.45, 2.75) is 0 Å². The van der Waals surface area contributed by atoms with Gasteiger partial charge in [-0.05, 0) is 6.07 Å². The number of halogens is 1. The van der Waals surface area contributed by atoms with Crippen molar-refractivity contribution in [2.75, 3.05) is 0 Å². The highest BCUT2D eigenvalue weighted by Crippen LogP contribution is 2.25. The molecular weight excluding hydrogens is 184 g/mol. The largest absolute Gasteiger partial charge is 0.472 e.